The highest BCUT2D eigenvalue weighted by molar-refractivity contribution is 5.85. The van der Waals surface area contributed by atoms with Crippen LogP contribution in [-0.2, 0) is 13.1 Å². The maximum absolute atomic E-state index is 5.50. The van der Waals surface area contributed by atoms with E-state index >= 15 is 0 Å². The zero-order valence-corrected chi connectivity index (χ0v) is 17.7. The van der Waals surface area contributed by atoms with E-state index in [9.17, 15) is 0 Å². The molecule has 5 rings (SSSR count). The lowest BCUT2D eigenvalue weighted by Crippen LogP contribution is -2.45. The minimum absolute atomic E-state index is 0.618. The Morgan fingerprint density at radius 3 is 2.32 bits per heavy atom. The van der Waals surface area contributed by atoms with Gasteiger partial charge in [0.05, 0.1) is 13.7 Å². The molecule has 2 heterocycles. The summed E-state index contributed by atoms with van der Waals surface area (Å²) < 4.78 is 10.7. The van der Waals surface area contributed by atoms with Crippen LogP contribution in [0.4, 0.5) is 0 Å². The second-order valence-electron chi connectivity index (χ2n) is 7.93. The number of nitrogens with zero attached hydrogens (tertiary/aromatic N) is 4. The smallest absolute Gasteiger partial charge is 0.241 e. The number of ether oxygens (including phenoxy) is 1. The molecule has 0 bridgehead atoms. The number of aromatic nitrogens is 2. The number of rotatable bonds is 6. The minimum Gasteiger partial charge on any atom is -0.497 e. The molecule has 0 amide bonds. The summed E-state index contributed by atoms with van der Waals surface area (Å²) in [6.07, 6.45) is 0. The Morgan fingerprint density at radius 2 is 1.55 bits per heavy atom. The molecule has 3 aromatic carbocycles. The topological polar surface area (TPSA) is 54.6 Å². The van der Waals surface area contributed by atoms with E-state index < -0.39 is 0 Å². The van der Waals surface area contributed by atoms with Gasteiger partial charge < -0.3 is 9.26 Å². The van der Waals surface area contributed by atoms with Crippen LogP contribution in [0.25, 0.3) is 22.2 Å². The van der Waals surface area contributed by atoms with Gasteiger partial charge in [0.15, 0.2) is 0 Å². The molecular weight excluding hydrogens is 388 g/mol. The van der Waals surface area contributed by atoms with Gasteiger partial charge in [-0.25, -0.2) is 0 Å². The Bertz CT molecular complexity index is 1140. The van der Waals surface area contributed by atoms with E-state index in [1.54, 1.807) is 7.11 Å². The Hall–Kier alpha value is -3.22. The number of hydrogen-bond donors (Lipinski definition) is 0. The lowest BCUT2D eigenvalue weighted by molar-refractivity contribution is 0.112. The highest BCUT2D eigenvalue weighted by Crippen LogP contribution is 2.22. The van der Waals surface area contributed by atoms with Crippen LogP contribution in [0.15, 0.2) is 71.3 Å². The highest BCUT2D eigenvalue weighted by Gasteiger charge is 2.20. The van der Waals surface area contributed by atoms with Crippen molar-refractivity contribution >= 4 is 10.8 Å². The Morgan fingerprint density at radius 1 is 0.839 bits per heavy atom. The lowest BCUT2D eigenvalue weighted by Gasteiger charge is -2.34. The summed E-state index contributed by atoms with van der Waals surface area (Å²) in [6.45, 7) is 5.71. The summed E-state index contributed by atoms with van der Waals surface area (Å²) in [5.41, 5.74) is 2.32. The molecule has 0 N–H and O–H groups in total. The molecule has 1 saturated heterocycles. The molecule has 0 radical (unpaired) electrons. The van der Waals surface area contributed by atoms with Crippen LogP contribution in [0.3, 0.4) is 0 Å². The van der Waals surface area contributed by atoms with Gasteiger partial charge in [0, 0.05) is 38.3 Å². The molecule has 6 heteroatoms. The van der Waals surface area contributed by atoms with E-state index in [0.717, 1.165) is 44.0 Å². The van der Waals surface area contributed by atoms with Crippen molar-refractivity contribution in [2.45, 2.75) is 13.1 Å². The Balaban J connectivity index is 1.17. The molecule has 6 nitrogen and oxygen atoms in total. The second-order valence-corrected chi connectivity index (χ2v) is 7.93. The third-order valence-electron chi connectivity index (χ3n) is 5.91. The van der Waals surface area contributed by atoms with Gasteiger partial charge in [-0.3, -0.25) is 9.80 Å². The van der Waals surface area contributed by atoms with Crippen molar-refractivity contribution in [3.63, 3.8) is 0 Å². The second kappa shape index (κ2) is 8.88. The third-order valence-corrected chi connectivity index (χ3v) is 5.91. The number of benzene rings is 3. The fourth-order valence-electron chi connectivity index (χ4n) is 4.14. The summed E-state index contributed by atoms with van der Waals surface area (Å²) in [5, 5.41) is 6.80. The fraction of sp³-hybridized carbons (Fsp3) is 0.280. The first-order valence-electron chi connectivity index (χ1n) is 10.7. The van der Waals surface area contributed by atoms with Gasteiger partial charge in [-0.05, 0) is 40.6 Å². The van der Waals surface area contributed by atoms with Gasteiger partial charge in [0.2, 0.25) is 11.7 Å². The molecule has 1 aliphatic rings. The van der Waals surface area contributed by atoms with Crippen molar-refractivity contribution in [3.05, 3.63) is 78.2 Å². The van der Waals surface area contributed by atoms with Crippen LogP contribution in [-0.4, -0.2) is 53.2 Å². The SMILES string of the molecule is COc1ccc(-c2noc(CN3CCN(Cc4cccc5ccccc45)CC3)n2)cc1. The summed E-state index contributed by atoms with van der Waals surface area (Å²) in [4.78, 5) is 9.48. The number of fused-ring (bicyclic) bond motifs is 1. The number of methoxy groups -OCH3 is 1. The lowest BCUT2D eigenvalue weighted by atomic mass is 10.0. The molecule has 0 unspecified atom stereocenters. The van der Waals surface area contributed by atoms with Crippen molar-refractivity contribution in [3.8, 4) is 17.1 Å². The standard InChI is InChI=1S/C25H26N4O2/c1-30-22-11-9-20(10-12-22)25-26-24(31-27-25)18-29-15-13-28(14-16-29)17-21-7-4-6-19-5-2-3-8-23(19)21/h2-12H,13-18H2,1H3. The van der Waals surface area contributed by atoms with Crippen molar-refractivity contribution in [1.29, 1.82) is 0 Å². The summed E-state index contributed by atoms with van der Waals surface area (Å²) >= 11 is 0. The van der Waals surface area contributed by atoms with Crippen LogP contribution in [0.2, 0.25) is 0 Å². The predicted molar refractivity (Wildman–Crippen MR) is 121 cm³/mol. The van der Waals surface area contributed by atoms with E-state index in [0.29, 0.717) is 18.3 Å². The van der Waals surface area contributed by atoms with Crippen LogP contribution < -0.4 is 4.74 Å². The molecule has 31 heavy (non-hydrogen) atoms. The van der Waals surface area contributed by atoms with E-state index in [4.69, 9.17) is 9.26 Å². The molecule has 1 fully saturated rings. The zero-order chi connectivity index (χ0) is 21.0. The molecule has 0 aliphatic carbocycles. The van der Waals surface area contributed by atoms with Gasteiger partial charge in [-0.15, -0.1) is 0 Å². The van der Waals surface area contributed by atoms with Gasteiger partial charge in [-0.1, -0.05) is 47.6 Å². The van der Waals surface area contributed by atoms with Crippen LogP contribution >= 0.6 is 0 Å². The molecular formula is C25H26N4O2. The largest absolute Gasteiger partial charge is 0.497 e. The van der Waals surface area contributed by atoms with Crippen LogP contribution in [0.5, 0.6) is 5.75 Å². The van der Waals surface area contributed by atoms with Gasteiger partial charge in [0.25, 0.3) is 0 Å². The summed E-state index contributed by atoms with van der Waals surface area (Å²) in [7, 11) is 1.66. The quantitative estimate of drug-likeness (QED) is 0.471. The number of hydrogen-bond acceptors (Lipinski definition) is 6. The molecule has 0 spiro atoms. The molecule has 1 aliphatic heterocycles. The maximum atomic E-state index is 5.50. The van der Waals surface area contributed by atoms with Crippen LogP contribution in [0.1, 0.15) is 11.5 Å². The van der Waals surface area contributed by atoms with Gasteiger partial charge in [0.1, 0.15) is 5.75 Å². The maximum Gasteiger partial charge on any atom is 0.241 e. The molecule has 4 aromatic rings. The average Bonchev–Trinajstić information content (AvgIpc) is 3.29. The first-order valence-corrected chi connectivity index (χ1v) is 10.7. The normalized spacial score (nSPS) is 15.4. The first kappa shape index (κ1) is 19.7. The number of piperazine rings is 1. The first-order chi connectivity index (χ1) is 15.3. The highest BCUT2D eigenvalue weighted by atomic mass is 16.5. The summed E-state index contributed by atoms with van der Waals surface area (Å²) in [6, 6.07) is 22.9. The molecule has 0 atom stereocenters. The van der Waals surface area contributed by atoms with Crippen molar-refractivity contribution in [2.24, 2.45) is 0 Å². The predicted octanol–water partition coefficient (Wildman–Crippen LogP) is 4.22. The van der Waals surface area contributed by atoms with E-state index in [-0.39, 0.29) is 0 Å². The van der Waals surface area contributed by atoms with E-state index in [2.05, 4.69) is 62.4 Å². The third kappa shape index (κ3) is 4.45. The monoisotopic (exact) mass is 414 g/mol. The van der Waals surface area contributed by atoms with Crippen molar-refractivity contribution in [1.82, 2.24) is 19.9 Å². The van der Waals surface area contributed by atoms with Crippen molar-refractivity contribution in [2.75, 3.05) is 33.3 Å². The summed E-state index contributed by atoms with van der Waals surface area (Å²) in [5.74, 6) is 2.09. The fourth-order valence-corrected chi connectivity index (χ4v) is 4.14. The van der Waals surface area contributed by atoms with Crippen LogP contribution in [0, 0.1) is 0 Å². The van der Waals surface area contributed by atoms with Gasteiger partial charge in [-0.2, -0.15) is 4.98 Å². The molecule has 0 saturated carbocycles. The van der Waals surface area contributed by atoms with E-state index in [1.165, 1.54) is 16.3 Å². The van der Waals surface area contributed by atoms with Crippen molar-refractivity contribution < 1.29 is 9.26 Å². The Kier molecular flexibility index (Phi) is 5.65. The molecule has 158 valence electrons. The Labute approximate surface area is 182 Å². The molecule has 1 aromatic heterocycles. The zero-order valence-electron chi connectivity index (χ0n) is 17.7. The van der Waals surface area contributed by atoms with E-state index in [1.807, 2.05) is 24.3 Å². The average molecular weight is 415 g/mol. The minimum atomic E-state index is 0.618. The van der Waals surface area contributed by atoms with Gasteiger partial charge >= 0.3 is 0 Å².